The van der Waals surface area contributed by atoms with Crippen LogP contribution < -0.4 is 0 Å². The predicted molar refractivity (Wildman–Crippen MR) is 74.0 cm³/mol. The molecule has 20 heavy (non-hydrogen) atoms. The Hall–Kier alpha value is -1.01. The van der Waals surface area contributed by atoms with E-state index in [0.29, 0.717) is 13.1 Å². The Morgan fingerprint density at radius 1 is 1.45 bits per heavy atom. The molecule has 1 aliphatic rings. The largest absolute Gasteiger partial charge is 0.469 e. The molecule has 0 N–H and O–H groups in total. The molecule has 2 rings (SSSR count). The van der Waals surface area contributed by atoms with Crippen LogP contribution in [0.5, 0.6) is 0 Å². The van der Waals surface area contributed by atoms with Crippen LogP contribution in [0.1, 0.15) is 12.5 Å². The maximum Gasteiger partial charge on any atom is 0.310 e. The van der Waals surface area contributed by atoms with Crippen molar-refractivity contribution in [3.8, 4) is 0 Å². The quantitative estimate of drug-likeness (QED) is 0.621. The number of methoxy groups -OCH3 is 1. The van der Waals surface area contributed by atoms with Crippen LogP contribution in [0.3, 0.4) is 0 Å². The van der Waals surface area contributed by atoms with Crippen molar-refractivity contribution in [2.24, 2.45) is 11.8 Å². The molecule has 0 aliphatic carbocycles. The molecule has 1 heterocycles. The van der Waals surface area contributed by atoms with E-state index in [2.05, 4.69) is 15.9 Å². The summed E-state index contributed by atoms with van der Waals surface area (Å²) in [5.41, 5.74) is 0.0251. The van der Waals surface area contributed by atoms with Crippen molar-refractivity contribution in [2.45, 2.75) is 13.5 Å². The summed E-state index contributed by atoms with van der Waals surface area (Å²) in [4.78, 5) is 13.5. The highest BCUT2D eigenvalue weighted by atomic mass is 79.9. The Bertz CT molecular complexity index is 524. The highest BCUT2D eigenvalue weighted by Gasteiger charge is 2.36. The summed E-state index contributed by atoms with van der Waals surface area (Å²) < 4.78 is 32.6. The van der Waals surface area contributed by atoms with E-state index in [1.807, 2.05) is 11.8 Å². The maximum atomic E-state index is 13.9. The first-order valence-corrected chi connectivity index (χ1v) is 7.16. The number of benzene rings is 1. The number of halogens is 3. The minimum absolute atomic E-state index is 0.0251. The van der Waals surface area contributed by atoms with Crippen molar-refractivity contribution in [3.05, 3.63) is 33.8 Å². The third-order valence-corrected chi connectivity index (χ3v) is 4.32. The van der Waals surface area contributed by atoms with Gasteiger partial charge in [0, 0.05) is 25.2 Å². The number of likely N-dealkylation sites (tertiary alicyclic amines) is 1. The smallest absolute Gasteiger partial charge is 0.310 e. The standard InChI is InChI=1S/C14H16BrF2NO2/c1-8-5-18(6-9(8)14(19)20-2)7-10-12(16)4-3-11(15)13(10)17/h3-4,8-9H,5-7H2,1-2H3. The molecule has 3 nitrogen and oxygen atoms in total. The van der Waals surface area contributed by atoms with Crippen molar-refractivity contribution in [2.75, 3.05) is 20.2 Å². The molecular formula is C14H16BrF2NO2. The van der Waals surface area contributed by atoms with E-state index in [-0.39, 0.29) is 34.4 Å². The Morgan fingerprint density at radius 2 is 2.15 bits per heavy atom. The van der Waals surface area contributed by atoms with Crippen molar-refractivity contribution >= 4 is 21.9 Å². The highest BCUT2D eigenvalue weighted by Crippen LogP contribution is 2.28. The minimum Gasteiger partial charge on any atom is -0.469 e. The van der Waals surface area contributed by atoms with Gasteiger partial charge in [0.1, 0.15) is 11.6 Å². The van der Waals surface area contributed by atoms with Gasteiger partial charge in [-0.05, 0) is 34.0 Å². The molecule has 0 aromatic heterocycles. The lowest BCUT2D eigenvalue weighted by Gasteiger charge is -2.17. The van der Waals surface area contributed by atoms with Crippen molar-refractivity contribution in [3.63, 3.8) is 0 Å². The topological polar surface area (TPSA) is 29.5 Å². The number of carbonyl (C=O) groups is 1. The summed E-state index contributed by atoms with van der Waals surface area (Å²) in [7, 11) is 1.35. The molecule has 0 spiro atoms. The summed E-state index contributed by atoms with van der Waals surface area (Å²) in [5, 5.41) is 0. The predicted octanol–water partition coefficient (Wildman–Crippen LogP) is 2.97. The maximum absolute atomic E-state index is 13.9. The molecule has 1 aromatic carbocycles. The van der Waals surface area contributed by atoms with E-state index in [1.165, 1.54) is 19.2 Å². The minimum atomic E-state index is -0.584. The number of nitrogens with zero attached hydrogens (tertiary/aromatic N) is 1. The summed E-state index contributed by atoms with van der Waals surface area (Å²) in [6, 6.07) is 2.58. The fourth-order valence-corrected chi connectivity index (χ4v) is 2.96. The van der Waals surface area contributed by atoms with Crippen LogP contribution in [0.2, 0.25) is 0 Å². The first-order valence-electron chi connectivity index (χ1n) is 6.36. The first kappa shape index (κ1) is 15.4. The summed E-state index contributed by atoms with van der Waals surface area (Å²) in [6.07, 6.45) is 0. The van der Waals surface area contributed by atoms with Crippen LogP contribution in [0.15, 0.2) is 16.6 Å². The van der Waals surface area contributed by atoms with Gasteiger partial charge in [0.25, 0.3) is 0 Å². The average molecular weight is 348 g/mol. The first-order chi connectivity index (χ1) is 9.43. The van der Waals surface area contributed by atoms with E-state index in [4.69, 9.17) is 4.74 Å². The van der Waals surface area contributed by atoms with E-state index < -0.39 is 11.6 Å². The average Bonchev–Trinajstić information content (AvgIpc) is 2.79. The van der Waals surface area contributed by atoms with Crippen LogP contribution >= 0.6 is 15.9 Å². The van der Waals surface area contributed by atoms with E-state index in [0.717, 1.165) is 0 Å². The van der Waals surface area contributed by atoms with Crippen molar-refractivity contribution in [1.82, 2.24) is 4.90 Å². The van der Waals surface area contributed by atoms with E-state index in [1.54, 1.807) is 0 Å². The second kappa shape index (κ2) is 6.18. The molecule has 2 atom stereocenters. The van der Waals surface area contributed by atoms with Gasteiger partial charge in [0.15, 0.2) is 0 Å². The Labute approximate surface area is 125 Å². The molecule has 0 saturated carbocycles. The van der Waals surface area contributed by atoms with Crippen LogP contribution in [-0.2, 0) is 16.1 Å². The molecule has 2 unspecified atom stereocenters. The monoisotopic (exact) mass is 347 g/mol. The Balaban J connectivity index is 2.13. The zero-order chi connectivity index (χ0) is 14.9. The number of hydrogen-bond donors (Lipinski definition) is 0. The van der Waals surface area contributed by atoms with Gasteiger partial charge in [-0.1, -0.05) is 6.92 Å². The molecule has 1 aromatic rings. The second-order valence-electron chi connectivity index (χ2n) is 5.12. The highest BCUT2D eigenvalue weighted by molar-refractivity contribution is 9.10. The Kier molecular flexibility index (Phi) is 4.75. The second-order valence-corrected chi connectivity index (χ2v) is 5.98. The lowest BCUT2D eigenvalue weighted by Crippen LogP contribution is -2.25. The molecule has 0 amide bonds. The van der Waals surface area contributed by atoms with Gasteiger partial charge in [-0.15, -0.1) is 0 Å². The third-order valence-electron chi connectivity index (χ3n) is 3.71. The fourth-order valence-electron chi connectivity index (χ4n) is 2.59. The number of carbonyl (C=O) groups excluding carboxylic acids is 1. The third kappa shape index (κ3) is 3.01. The molecule has 0 bridgehead atoms. The van der Waals surface area contributed by atoms with Crippen LogP contribution in [-0.4, -0.2) is 31.1 Å². The molecular weight excluding hydrogens is 332 g/mol. The van der Waals surface area contributed by atoms with Gasteiger partial charge in [0.2, 0.25) is 0 Å². The molecule has 1 fully saturated rings. The van der Waals surface area contributed by atoms with E-state index >= 15 is 0 Å². The summed E-state index contributed by atoms with van der Waals surface area (Å²) >= 11 is 3.05. The van der Waals surface area contributed by atoms with Gasteiger partial charge in [-0.25, -0.2) is 8.78 Å². The van der Waals surface area contributed by atoms with Crippen molar-refractivity contribution in [1.29, 1.82) is 0 Å². The SMILES string of the molecule is COC(=O)C1CN(Cc2c(F)ccc(Br)c2F)CC1C. The summed E-state index contributed by atoms with van der Waals surface area (Å²) in [6.45, 7) is 3.16. The van der Waals surface area contributed by atoms with Gasteiger partial charge >= 0.3 is 5.97 Å². The van der Waals surface area contributed by atoms with E-state index in [9.17, 15) is 13.6 Å². The molecule has 0 radical (unpaired) electrons. The molecule has 1 aliphatic heterocycles. The van der Waals surface area contributed by atoms with Crippen LogP contribution in [0.25, 0.3) is 0 Å². The van der Waals surface area contributed by atoms with Gasteiger partial charge in [0.05, 0.1) is 17.5 Å². The number of ether oxygens (including phenoxy) is 1. The lowest BCUT2D eigenvalue weighted by atomic mass is 9.99. The summed E-state index contributed by atoms with van der Waals surface area (Å²) in [5.74, 6) is -1.55. The van der Waals surface area contributed by atoms with Gasteiger partial charge < -0.3 is 4.74 Å². The zero-order valence-electron chi connectivity index (χ0n) is 11.3. The normalized spacial score (nSPS) is 23.1. The van der Waals surface area contributed by atoms with Gasteiger partial charge in [-0.2, -0.15) is 0 Å². The number of esters is 1. The van der Waals surface area contributed by atoms with Gasteiger partial charge in [-0.3, -0.25) is 9.69 Å². The van der Waals surface area contributed by atoms with Crippen LogP contribution in [0, 0.1) is 23.5 Å². The molecule has 1 saturated heterocycles. The number of rotatable bonds is 3. The zero-order valence-corrected chi connectivity index (χ0v) is 12.9. The molecule has 6 heteroatoms. The fraction of sp³-hybridized carbons (Fsp3) is 0.500. The lowest BCUT2D eigenvalue weighted by molar-refractivity contribution is -0.146. The molecule has 110 valence electrons. The van der Waals surface area contributed by atoms with Crippen molar-refractivity contribution < 1.29 is 18.3 Å². The van der Waals surface area contributed by atoms with Crippen LogP contribution in [0.4, 0.5) is 8.78 Å². The number of hydrogen-bond acceptors (Lipinski definition) is 3. The Morgan fingerprint density at radius 3 is 2.80 bits per heavy atom.